The van der Waals surface area contributed by atoms with Gasteiger partial charge in [0.1, 0.15) is 23.0 Å². The van der Waals surface area contributed by atoms with Crippen LogP contribution in [0.4, 0.5) is 0 Å². The molecule has 2 amide bonds. The average molecular weight is 865 g/mol. The molecule has 0 fully saturated rings. The first-order valence-electron chi connectivity index (χ1n) is 22.7. The molecule has 8 rings (SSSR count). The van der Waals surface area contributed by atoms with Crippen LogP contribution in [0.15, 0.2) is 72.8 Å². The van der Waals surface area contributed by atoms with Crippen LogP contribution < -0.4 is 20.1 Å². The topological polar surface area (TPSA) is 117 Å². The van der Waals surface area contributed by atoms with Crippen LogP contribution in [0.5, 0.6) is 23.0 Å². The second-order valence-corrected chi connectivity index (χ2v) is 22.2. The molecular weight excluding hydrogens is 797 g/mol. The van der Waals surface area contributed by atoms with Crippen molar-refractivity contribution in [1.29, 1.82) is 0 Å². The summed E-state index contributed by atoms with van der Waals surface area (Å²) in [5.74, 6) is 0.911. The number of aromatic hydroxyl groups is 2. The van der Waals surface area contributed by atoms with Crippen LogP contribution in [0.3, 0.4) is 0 Å². The molecule has 5 aromatic carbocycles. The van der Waals surface area contributed by atoms with Crippen molar-refractivity contribution in [2.75, 3.05) is 13.2 Å². The van der Waals surface area contributed by atoms with Crippen molar-refractivity contribution in [2.24, 2.45) is 0 Å². The second-order valence-electron chi connectivity index (χ2n) is 22.2. The Morgan fingerprint density at radius 1 is 0.422 bits per heavy atom. The predicted octanol–water partition coefficient (Wildman–Crippen LogP) is 10.7. The van der Waals surface area contributed by atoms with Crippen LogP contribution in [0.2, 0.25) is 0 Å². The Morgan fingerprint density at radius 2 is 0.688 bits per heavy atom. The number of rotatable bonds is 0. The Balaban J connectivity index is 1.58. The van der Waals surface area contributed by atoms with Crippen LogP contribution >= 0.6 is 0 Å². The second kappa shape index (κ2) is 17.3. The summed E-state index contributed by atoms with van der Waals surface area (Å²) in [7, 11) is 0. The van der Waals surface area contributed by atoms with E-state index in [0.717, 1.165) is 77.9 Å². The first kappa shape index (κ1) is 46.2. The van der Waals surface area contributed by atoms with E-state index in [1.807, 2.05) is 24.3 Å². The maximum Gasteiger partial charge on any atom is 0.258 e. The molecule has 0 unspecified atom stereocenters. The average Bonchev–Trinajstić information content (AvgIpc) is 3.19. The standard InChI is InChI=1S/C56H68N2O6/c1-53(2,3)43-21-35-17-39-25-45(55(7,8)9)27-41-19-37-23-44(54(4,5)6)24-38(50(37)62)20-42-28-46(56(10,11)12)26-40(18-36(22-43)49(35)61)52(42)64-32-48(60)58-30-34-15-13-14-33(16-34)29-57-47(59)31-63-51(39)41/h13-16,21-28,61-62H,17-20,29-32H2,1-12H3,(H,57,59)(H,58,60). The minimum atomic E-state index is -0.289. The number of carbonyl (C=O) groups excluding carboxylic acids is 2. The number of amides is 2. The Labute approximate surface area is 380 Å². The summed E-state index contributed by atoms with van der Waals surface area (Å²) in [4.78, 5) is 27.4. The highest BCUT2D eigenvalue weighted by Gasteiger charge is 2.29. The Bertz CT molecular complexity index is 2340. The SMILES string of the molecule is CC(C)(C)c1cc2c(O)c(c1)Cc1cc(C(C)(C)C)cc3c1OCC(=O)NCc1cccc(c1)CNC(=O)COc1c(cc(C(C)(C)C)cc1Cc1cc(C(C)(C)C)cc(c1O)C3)C2. The number of ether oxygens (including phenoxy) is 2. The summed E-state index contributed by atoms with van der Waals surface area (Å²) >= 11 is 0. The number of benzene rings is 5. The number of nitrogens with one attached hydrogen (secondary N) is 2. The van der Waals surface area contributed by atoms with E-state index in [1.165, 1.54) is 0 Å². The lowest BCUT2D eigenvalue weighted by molar-refractivity contribution is -0.124. The molecule has 0 atom stereocenters. The Hall–Kier alpha value is -5.76. The molecule has 3 aliphatic rings. The van der Waals surface area contributed by atoms with Gasteiger partial charge in [-0.05, 0) is 99.5 Å². The Morgan fingerprint density at radius 3 is 0.953 bits per heavy atom. The van der Waals surface area contributed by atoms with Crippen molar-refractivity contribution in [2.45, 2.75) is 144 Å². The molecule has 2 heterocycles. The highest BCUT2D eigenvalue weighted by atomic mass is 16.5. The molecule has 12 bridgehead atoms. The summed E-state index contributed by atoms with van der Waals surface area (Å²) in [5, 5.41) is 31.1. The summed E-state index contributed by atoms with van der Waals surface area (Å²) in [6.45, 7) is 26.2. The summed E-state index contributed by atoms with van der Waals surface area (Å²) in [6, 6.07) is 24.8. The van der Waals surface area contributed by atoms with Crippen molar-refractivity contribution in [1.82, 2.24) is 10.6 Å². The third kappa shape index (κ3) is 10.4. The number of fused-ring (bicyclic) bond motifs is 8. The summed E-state index contributed by atoms with van der Waals surface area (Å²) in [6.07, 6.45) is 1.28. The fourth-order valence-electron chi connectivity index (χ4n) is 8.65. The van der Waals surface area contributed by atoms with Gasteiger partial charge in [0.15, 0.2) is 13.2 Å². The molecule has 8 heteroatoms. The van der Waals surface area contributed by atoms with E-state index in [-0.39, 0.29) is 71.3 Å². The summed E-state index contributed by atoms with van der Waals surface area (Å²) in [5.41, 5.74) is 11.3. The maximum atomic E-state index is 13.7. The van der Waals surface area contributed by atoms with E-state index in [2.05, 4.69) is 142 Å². The van der Waals surface area contributed by atoms with E-state index in [0.29, 0.717) is 37.2 Å². The highest BCUT2D eigenvalue weighted by molar-refractivity contribution is 5.78. The first-order chi connectivity index (χ1) is 29.8. The summed E-state index contributed by atoms with van der Waals surface area (Å²) < 4.78 is 13.4. The van der Waals surface area contributed by atoms with Crippen molar-refractivity contribution in [3.05, 3.63) is 151 Å². The zero-order chi connectivity index (χ0) is 46.5. The minimum absolute atomic E-state index is 0.180. The van der Waals surface area contributed by atoms with Gasteiger partial charge < -0.3 is 30.3 Å². The highest BCUT2D eigenvalue weighted by Crippen LogP contribution is 2.44. The van der Waals surface area contributed by atoms with Crippen LogP contribution in [0, 0.1) is 0 Å². The molecule has 5 aromatic rings. The largest absolute Gasteiger partial charge is 0.507 e. The monoisotopic (exact) mass is 865 g/mol. The molecule has 0 aromatic heterocycles. The van der Waals surface area contributed by atoms with Gasteiger partial charge >= 0.3 is 0 Å². The zero-order valence-corrected chi connectivity index (χ0v) is 40.1. The maximum absolute atomic E-state index is 13.7. The van der Waals surface area contributed by atoms with E-state index in [1.54, 1.807) is 0 Å². The first-order valence-corrected chi connectivity index (χ1v) is 22.7. The third-order valence-electron chi connectivity index (χ3n) is 12.7. The number of hydrogen-bond donors (Lipinski definition) is 4. The molecule has 1 aliphatic carbocycles. The van der Waals surface area contributed by atoms with E-state index < -0.39 is 0 Å². The molecule has 0 spiro atoms. The number of carbonyl (C=O) groups is 2. The van der Waals surface area contributed by atoms with Gasteiger partial charge in [0.05, 0.1) is 0 Å². The minimum Gasteiger partial charge on any atom is -0.507 e. The molecule has 0 radical (unpaired) electrons. The van der Waals surface area contributed by atoms with Gasteiger partial charge in [0.25, 0.3) is 11.8 Å². The van der Waals surface area contributed by atoms with Crippen LogP contribution in [0.25, 0.3) is 0 Å². The lowest BCUT2D eigenvalue weighted by Crippen LogP contribution is -2.30. The van der Waals surface area contributed by atoms with Crippen molar-refractivity contribution >= 4 is 11.8 Å². The lowest BCUT2D eigenvalue weighted by atomic mass is 9.79. The van der Waals surface area contributed by atoms with Gasteiger partial charge in [0.2, 0.25) is 0 Å². The molecule has 338 valence electrons. The number of hydrogen-bond acceptors (Lipinski definition) is 6. The third-order valence-corrected chi connectivity index (χ3v) is 12.7. The molecule has 2 aliphatic heterocycles. The smallest absolute Gasteiger partial charge is 0.258 e. The molecular formula is C56H68N2O6. The zero-order valence-electron chi connectivity index (χ0n) is 40.1. The molecule has 8 nitrogen and oxygen atoms in total. The van der Waals surface area contributed by atoms with E-state index in [4.69, 9.17) is 9.47 Å². The van der Waals surface area contributed by atoms with Crippen molar-refractivity contribution in [3.63, 3.8) is 0 Å². The van der Waals surface area contributed by atoms with Gasteiger partial charge in [-0.15, -0.1) is 0 Å². The molecule has 4 N–H and O–H groups in total. The van der Waals surface area contributed by atoms with Gasteiger partial charge in [0, 0.05) is 38.8 Å². The Kier molecular flexibility index (Phi) is 12.5. The van der Waals surface area contributed by atoms with Crippen molar-refractivity contribution < 1.29 is 29.3 Å². The quantitative estimate of drug-likeness (QED) is 0.121. The predicted molar refractivity (Wildman–Crippen MR) is 256 cm³/mol. The molecule has 64 heavy (non-hydrogen) atoms. The number of phenols is 2. The molecule has 0 saturated heterocycles. The van der Waals surface area contributed by atoms with Crippen LogP contribution in [-0.2, 0) is 70.0 Å². The fourth-order valence-corrected chi connectivity index (χ4v) is 8.65. The molecule has 0 saturated carbocycles. The number of phenolic OH excluding ortho intramolecular Hbond substituents is 2. The van der Waals surface area contributed by atoms with E-state index >= 15 is 0 Å². The van der Waals surface area contributed by atoms with Gasteiger partial charge in [-0.3, -0.25) is 9.59 Å². The van der Waals surface area contributed by atoms with E-state index in [9.17, 15) is 19.8 Å². The van der Waals surface area contributed by atoms with Gasteiger partial charge in [-0.2, -0.15) is 0 Å². The van der Waals surface area contributed by atoms with Gasteiger partial charge in [-0.25, -0.2) is 0 Å². The lowest BCUT2D eigenvalue weighted by Gasteiger charge is -2.28. The van der Waals surface area contributed by atoms with Crippen molar-refractivity contribution in [3.8, 4) is 23.0 Å². The van der Waals surface area contributed by atoms with Crippen LogP contribution in [0.1, 0.15) is 161 Å². The van der Waals surface area contributed by atoms with Gasteiger partial charge in [-0.1, -0.05) is 156 Å². The van der Waals surface area contributed by atoms with Crippen LogP contribution in [-0.4, -0.2) is 35.2 Å². The normalized spacial score (nSPS) is 15.4. The fraction of sp³-hybridized carbons (Fsp3) is 0.429.